The highest BCUT2D eigenvalue weighted by atomic mass is 35.5. The molecule has 138 valence electrons. The quantitative estimate of drug-likeness (QED) is 0.284. The van der Waals surface area contributed by atoms with Gasteiger partial charge in [0, 0.05) is 5.88 Å². The Balaban J connectivity index is 1.82. The summed E-state index contributed by atoms with van der Waals surface area (Å²) in [6.07, 6.45) is 0.900. The highest BCUT2D eigenvalue weighted by Crippen LogP contribution is 2.34. The van der Waals surface area contributed by atoms with Crippen molar-refractivity contribution in [2.45, 2.75) is 12.3 Å². The van der Waals surface area contributed by atoms with Gasteiger partial charge in [0.2, 0.25) is 0 Å². The zero-order chi connectivity index (χ0) is 19.2. The van der Waals surface area contributed by atoms with Gasteiger partial charge in [0.15, 0.2) is 0 Å². The molecule has 0 nitrogen and oxygen atoms in total. The fraction of sp³-hybridized carbons (Fsp3) is 0.0769. The zero-order valence-electron chi connectivity index (χ0n) is 15.6. The van der Waals surface area contributed by atoms with Gasteiger partial charge in [0.1, 0.15) is 0 Å². The third-order valence-electron chi connectivity index (χ3n) is 4.90. The second-order valence-electron chi connectivity index (χ2n) is 6.71. The molecule has 4 aromatic rings. The molecule has 0 amide bonds. The molecule has 28 heavy (non-hydrogen) atoms. The number of alkyl halides is 1. The monoisotopic (exact) mass is 400 g/mol. The molecule has 0 unspecified atom stereocenters. The first-order valence-electron chi connectivity index (χ1n) is 9.47. The molecule has 4 rings (SSSR count). The molecule has 2 heteroatoms. The topological polar surface area (TPSA) is 0 Å². The van der Waals surface area contributed by atoms with Crippen molar-refractivity contribution in [2.24, 2.45) is 0 Å². The van der Waals surface area contributed by atoms with E-state index in [-0.39, 0.29) is 0 Å². The van der Waals surface area contributed by atoms with Gasteiger partial charge in [0.05, 0.1) is 0 Å². The van der Waals surface area contributed by atoms with Crippen molar-refractivity contribution in [1.82, 2.24) is 0 Å². The summed E-state index contributed by atoms with van der Waals surface area (Å²) < 4.78 is 0. The van der Waals surface area contributed by atoms with Crippen LogP contribution in [0.3, 0.4) is 0 Å². The Morgan fingerprint density at radius 3 is 1.54 bits per heavy atom. The molecule has 0 saturated heterocycles. The third-order valence-corrected chi connectivity index (χ3v) is 7.74. The first kappa shape index (κ1) is 18.9. The molecule has 0 atom stereocenters. The van der Waals surface area contributed by atoms with E-state index in [4.69, 9.17) is 11.6 Å². The zero-order valence-corrected chi connectivity index (χ0v) is 17.3. The highest BCUT2D eigenvalue weighted by Gasteiger charge is 2.19. The van der Waals surface area contributed by atoms with Crippen LogP contribution in [0, 0.1) is 0 Å². The Hall–Kier alpha value is -2.40. The summed E-state index contributed by atoms with van der Waals surface area (Å²) in [4.78, 5) is 0. The number of hydrogen-bond donors (Lipinski definition) is 0. The highest BCUT2D eigenvalue weighted by molar-refractivity contribution is 7.79. The van der Waals surface area contributed by atoms with E-state index in [1.807, 2.05) is 0 Å². The summed E-state index contributed by atoms with van der Waals surface area (Å²) in [5.41, 5.74) is 3.89. The average Bonchev–Trinajstić information content (AvgIpc) is 2.77. The van der Waals surface area contributed by atoms with E-state index in [2.05, 4.69) is 109 Å². The standard InChI is InChI=1S/C26H22ClP/c27-20-23-13-8-7-11-21(23)19-22-12-9-10-18-26(22)28(24-14-3-1-4-15-24)25-16-5-2-6-17-25/h1-18H,19-20H2. The van der Waals surface area contributed by atoms with E-state index in [9.17, 15) is 0 Å². The van der Waals surface area contributed by atoms with Gasteiger partial charge in [0.25, 0.3) is 0 Å². The average molecular weight is 401 g/mol. The molecule has 0 fully saturated rings. The van der Waals surface area contributed by atoms with Crippen LogP contribution in [-0.2, 0) is 12.3 Å². The molecule has 0 N–H and O–H groups in total. The van der Waals surface area contributed by atoms with E-state index >= 15 is 0 Å². The molecule has 0 aliphatic rings. The lowest BCUT2D eigenvalue weighted by molar-refractivity contribution is 1.15. The second kappa shape index (κ2) is 9.20. The van der Waals surface area contributed by atoms with Crippen LogP contribution in [0.5, 0.6) is 0 Å². The third kappa shape index (κ3) is 4.20. The summed E-state index contributed by atoms with van der Waals surface area (Å²) >= 11 is 6.20. The van der Waals surface area contributed by atoms with Crippen molar-refractivity contribution < 1.29 is 0 Å². The van der Waals surface area contributed by atoms with Gasteiger partial charge >= 0.3 is 0 Å². The van der Waals surface area contributed by atoms with Crippen LogP contribution >= 0.6 is 19.5 Å². The first-order valence-corrected chi connectivity index (χ1v) is 11.4. The van der Waals surface area contributed by atoms with Crippen molar-refractivity contribution in [1.29, 1.82) is 0 Å². The molecule has 0 spiro atoms. The molecule has 0 aliphatic carbocycles. The lowest BCUT2D eigenvalue weighted by Crippen LogP contribution is -2.23. The van der Waals surface area contributed by atoms with Gasteiger partial charge in [-0.15, -0.1) is 11.6 Å². The molecular weight excluding hydrogens is 379 g/mol. The van der Waals surface area contributed by atoms with Crippen LogP contribution in [0.15, 0.2) is 109 Å². The minimum atomic E-state index is -0.610. The second-order valence-corrected chi connectivity index (χ2v) is 9.17. The maximum atomic E-state index is 6.20. The molecule has 0 radical (unpaired) electrons. The van der Waals surface area contributed by atoms with E-state index in [0.29, 0.717) is 5.88 Å². The van der Waals surface area contributed by atoms with Crippen LogP contribution in [0.4, 0.5) is 0 Å². The Morgan fingerprint density at radius 2 is 0.964 bits per heavy atom. The van der Waals surface area contributed by atoms with Crippen molar-refractivity contribution in [3.05, 3.63) is 126 Å². The summed E-state index contributed by atoms with van der Waals surface area (Å²) in [6, 6.07) is 39.1. The normalized spacial score (nSPS) is 10.9. The summed E-state index contributed by atoms with van der Waals surface area (Å²) in [7, 11) is -0.610. The van der Waals surface area contributed by atoms with Gasteiger partial charge < -0.3 is 0 Å². The van der Waals surface area contributed by atoms with Gasteiger partial charge in [-0.25, -0.2) is 0 Å². The number of halogens is 1. The van der Waals surface area contributed by atoms with Gasteiger partial charge in [-0.2, -0.15) is 0 Å². The van der Waals surface area contributed by atoms with E-state index < -0.39 is 7.92 Å². The van der Waals surface area contributed by atoms with Crippen molar-refractivity contribution >= 4 is 35.4 Å². The van der Waals surface area contributed by atoms with Gasteiger partial charge in [-0.05, 0) is 46.9 Å². The van der Waals surface area contributed by atoms with Crippen molar-refractivity contribution in [3.63, 3.8) is 0 Å². The van der Waals surface area contributed by atoms with Crippen LogP contribution in [0.25, 0.3) is 0 Å². The predicted octanol–water partition coefficient (Wildman–Crippen LogP) is 5.77. The van der Waals surface area contributed by atoms with Crippen LogP contribution in [0.2, 0.25) is 0 Å². The minimum Gasteiger partial charge on any atom is -0.122 e. The van der Waals surface area contributed by atoms with E-state index in [0.717, 1.165) is 6.42 Å². The smallest absolute Gasteiger partial charge is 0.0476 e. The Kier molecular flexibility index (Phi) is 6.22. The lowest BCUT2D eigenvalue weighted by Gasteiger charge is -2.22. The molecule has 0 aliphatic heterocycles. The Morgan fingerprint density at radius 1 is 0.500 bits per heavy atom. The van der Waals surface area contributed by atoms with Crippen LogP contribution < -0.4 is 15.9 Å². The molecule has 4 aromatic carbocycles. The predicted molar refractivity (Wildman–Crippen MR) is 124 cm³/mol. The maximum absolute atomic E-state index is 6.20. The Bertz CT molecular complexity index is 989. The van der Waals surface area contributed by atoms with Gasteiger partial charge in [-0.3, -0.25) is 0 Å². The molecule has 0 saturated carbocycles. The summed E-state index contributed by atoms with van der Waals surface area (Å²) in [5.74, 6) is 0.546. The first-order chi connectivity index (χ1) is 13.9. The lowest BCUT2D eigenvalue weighted by atomic mass is 10.0. The molecular formula is C26H22ClP. The number of benzene rings is 4. The fourth-order valence-corrected chi connectivity index (χ4v) is 6.26. The molecule has 0 heterocycles. The number of hydrogen-bond acceptors (Lipinski definition) is 0. The fourth-order valence-electron chi connectivity index (χ4n) is 3.53. The number of rotatable bonds is 6. The SMILES string of the molecule is ClCc1ccccc1Cc1ccccc1P(c1ccccc1)c1ccccc1. The van der Waals surface area contributed by atoms with E-state index in [1.165, 1.54) is 32.6 Å². The molecule has 0 bridgehead atoms. The van der Waals surface area contributed by atoms with Crippen molar-refractivity contribution in [2.75, 3.05) is 0 Å². The van der Waals surface area contributed by atoms with E-state index in [1.54, 1.807) is 0 Å². The van der Waals surface area contributed by atoms with Crippen LogP contribution in [0.1, 0.15) is 16.7 Å². The van der Waals surface area contributed by atoms with Gasteiger partial charge in [-0.1, -0.05) is 109 Å². The largest absolute Gasteiger partial charge is 0.122 e. The Labute approximate surface area is 173 Å². The summed E-state index contributed by atoms with van der Waals surface area (Å²) in [6.45, 7) is 0. The summed E-state index contributed by atoms with van der Waals surface area (Å²) in [5, 5.41) is 4.17. The maximum Gasteiger partial charge on any atom is 0.0476 e. The van der Waals surface area contributed by atoms with Crippen molar-refractivity contribution in [3.8, 4) is 0 Å². The molecule has 0 aromatic heterocycles. The minimum absolute atomic E-state index is 0.546. The van der Waals surface area contributed by atoms with Crippen LogP contribution in [-0.4, -0.2) is 0 Å².